The molecule has 1 aromatic carbocycles. The van der Waals surface area contributed by atoms with E-state index >= 15 is 0 Å². The topological polar surface area (TPSA) is 29.5 Å². The lowest BCUT2D eigenvalue weighted by Crippen LogP contribution is -2.51. The van der Waals surface area contributed by atoms with Gasteiger partial charge in [0, 0.05) is 15.4 Å². The average Bonchev–Trinajstić information content (AvgIpc) is 2.39. The van der Waals surface area contributed by atoms with Crippen LogP contribution in [0.15, 0.2) is 24.3 Å². The van der Waals surface area contributed by atoms with Gasteiger partial charge in [-0.3, -0.25) is 4.79 Å². The number of hydrogen-bond donors (Lipinski definition) is 0. The lowest BCUT2D eigenvalue weighted by Gasteiger charge is -2.37. The smallest absolute Gasteiger partial charge is 0.255 e. The molecule has 0 saturated carbocycles. The second-order valence-corrected chi connectivity index (χ2v) is 6.21. The van der Waals surface area contributed by atoms with Crippen LogP contribution in [0.2, 0.25) is 0 Å². The summed E-state index contributed by atoms with van der Waals surface area (Å²) in [6, 6.07) is 7.82. The highest BCUT2D eigenvalue weighted by Crippen LogP contribution is 2.19. The zero-order valence-electron chi connectivity index (χ0n) is 10.1. The van der Waals surface area contributed by atoms with Gasteiger partial charge in [-0.05, 0) is 41.6 Å². The zero-order valence-corrected chi connectivity index (χ0v) is 13.8. The van der Waals surface area contributed by atoms with Gasteiger partial charge in [0.25, 0.3) is 5.91 Å². The molecule has 0 aromatic heterocycles. The number of ether oxygens (including phenoxy) is 1. The van der Waals surface area contributed by atoms with Crippen LogP contribution >= 0.6 is 38.5 Å². The van der Waals surface area contributed by atoms with E-state index in [9.17, 15) is 4.79 Å². The predicted octanol–water partition coefficient (Wildman–Crippen LogP) is 2.92. The number of hydrogen-bond acceptors (Lipinski definition) is 2. The van der Waals surface area contributed by atoms with Crippen molar-refractivity contribution in [3.63, 3.8) is 0 Å². The molecular formula is C13H15BrINO2. The van der Waals surface area contributed by atoms with Crippen molar-refractivity contribution in [3.05, 3.63) is 33.4 Å². The highest BCUT2D eigenvalue weighted by atomic mass is 127. The summed E-state index contributed by atoms with van der Waals surface area (Å²) in [7, 11) is 0. The Bertz CT molecular complexity index is 441. The van der Waals surface area contributed by atoms with Crippen molar-refractivity contribution in [1.29, 1.82) is 0 Å². The van der Waals surface area contributed by atoms with Gasteiger partial charge in [0.2, 0.25) is 0 Å². The van der Waals surface area contributed by atoms with E-state index in [1.54, 1.807) is 0 Å². The molecule has 18 heavy (non-hydrogen) atoms. The van der Waals surface area contributed by atoms with Crippen molar-refractivity contribution >= 4 is 44.4 Å². The second-order valence-electron chi connectivity index (χ2n) is 4.40. The molecule has 0 radical (unpaired) electrons. The summed E-state index contributed by atoms with van der Waals surface area (Å²) in [6.07, 6.45) is 0.0894. The maximum atomic E-state index is 12.5. The van der Waals surface area contributed by atoms with Crippen LogP contribution in [-0.2, 0) is 4.74 Å². The molecule has 3 nitrogen and oxygen atoms in total. The summed E-state index contributed by atoms with van der Waals surface area (Å²) in [4.78, 5) is 14.5. The van der Waals surface area contributed by atoms with Gasteiger partial charge in [0.1, 0.15) is 0 Å². The van der Waals surface area contributed by atoms with Crippen LogP contribution in [-0.4, -0.2) is 41.4 Å². The van der Waals surface area contributed by atoms with Gasteiger partial charge >= 0.3 is 0 Å². The molecule has 1 aromatic rings. The summed E-state index contributed by atoms with van der Waals surface area (Å²) < 4.78 is 6.64. The van der Waals surface area contributed by atoms with Crippen molar-refractivity contribution in [3.8, 4) is 0 Å². The fourth-order valence-corrected chi connectivity index (χ4v) is 2.99. The molecule has 2 rings (SSSR count). The minimum atomic E-state index is 0.0894. The largest absolute Gasteiger partial charge is 0.373 e. The van der Waals surface area contributed by atoms with Crippen LogP contribution in [0.4, 0.5) is 0 Å². The standard InChI is InChI=1S/C13H15BrINO2/c1-9-8-18-10(6-14)7-16(9)13(17)11-4-2-3-5-12(11)15/h2-5,9-10H,6-8H2,1H3. The van der Waals surface area contributed by atoms with Crippen LogP contribution in [0.25, 0.3) is 0 Å². The van der Waals surface area contributed by atoms with Crippen molar-refractivity contribution in [2.75, 3.05) is 18.5 Å². The molecule has 1 heterocycles. The fourth-order valence-electron chi connectivity index (χ4n) is 1.98. The van der Waals surface area contributed by atoms with E-state index in [4.69, 9.17) is 4.74 Å². The highest BCUT2D eigenvalue weighted by molar-refractivity contribution is 14.1. The maximum Gasteiger partial charge on any atom is 0.255 e. The van der Waals surface area contributed by atoms with E-state index in [1.165, 1.54) is 0 Å². The van der Waals surface area contributed by atoms with E-state index in [0.717, 1.165) is 14.5 Å². The fraction of sp³-hybridized carbons (Fsp3) is 0.462. The van der Waals surface area contributed by atoms with Crippen molar-refractivity contribution in [2.45, 2.75) is 19.1 Å². The summed E-state index contributed by atoms with van der Waals surface area (Å²) in [5, 5.41) is 0.759. The molecule has 1 aliphatic heterocycles. The molecule has 0 N–H and O–H groups in total. The van der Waals surface area contributed by atoms with Gasteiger partial charge in [-0.2, -0.15) is 0 Å². The lowest BCUT2D eigenvalue weighted by atomic mass is 10.1. The molecule has 1 fully saturated rings. The molecule has 2 atom stereocenters. The van der Waals surface area contributed by atoms with Crippen LogP contribution in [0.5, 0.6) is 0 Å². The van der Waals surface area contributed by atoms with E-state index in [-0.39, 0.29) is 18.1 Å². The minimum absolute atomic E-state index is 0.0894. The molecule has 0 aliphatic carbocycles. The van der Waals surface area contributed by atoms with E-state index < -0.39 is 0 Å². The number of halogens is 2. The van der Waals surface area contributed by atoms with Gasteiger partial charge < -0.3 is 9.64 Å². The Labute approximate surface area is 129 Å². The quantitative estimate of drug-likeness (QED) is 0.540. The Morgan fingerprint density at radius 2 is 2.28 bits per heavy atom. The Kier molecular flexibility index (Phi) is 5.03. The Morgan fingerprint density at radius 3 is 2.94 bits per heavy atom. The number of rotatable bonds is 2. The molecule has 1 amide bonds. The second kappa shape index (κ2) is 6.34. The third-order valence-corrected chi connectivity index (χ3v) is 4.71. The molecule has 0 spiro atoms. The van der Waals surface area contributed by atoms with Gasteiger partial charge in [0.15, 0.2) is 0 Å². The maximum absolute atomic E-state index is 12.5. The third-order valence-electron chi connectivity index (χ3n) is 3.04. The van der Waals surface area contributed by atoms with Gasteiger partial charge in [-0.25, -0.2) is 0 Å². The van der Waals surface area contributed by atoms with E-state index in [1.807, 2.05) is 36.1 Å². The summed E-state index contributed by atoms with van der Waals surface area (Å²) in [6.45, 7) is 3.28. The summed E-state index contributed by atoms with van der Waals surface area (Å²) in [5.74, 6) is 0.0988. The van der Waals surface area contributed by atoms with Crippen molar-refractivity contribution in [2.24, 2.45) is 0 Å². The highest BCUT2D eigenvalue weighted by Gasteiger charge is 2.30. The molecule has 1 saturated heterocycles. The number of nitrogens with zero attached hydrogens (tertiary/aromatic N) is 1. The predicted molar refractivity (Wildman–Crippen MR) is 83.2 cm³/mol. The zero-order chi connectivity index (χ0) is 13.1. The van der Waals surface area contributed by atoms with E-state index in [0.29, 0.717) is 13.2 Å². The monoisotopic (exact) mass is 423 g/mol. The number of carbonyl (C=O) groups excluding carboxylic acids is 1. The number of morpholine rings is 1. The summed E-state index contributed by atoms with van der Waals surface area (Å²) in [5.41, 5.74) is 0.778. The molecule has 0 bridgehead atoms. The molecule has 1 aliphatic rings. The molecule has 2 unspecified atom stereocenters. The normalized spacial score (nSPS) is 24.1. The molecule has 98 valence electrons. The Hall–Kier alpha value is -0.140. The van der Waals surface area contributed by atoms with Gasteiger partial charge in [-0.1, -0.05) is 28.1 Å². The SMILES string of the molecule is CC1COC(CBr)CN1C(=O)c1ccccc1I. The van der Waals surface area contributed by atoms with Crippen molar-refractivity contribution < 1.29 is 9.53 Å². The number of carbonyl (C=O) groups is 1. The van der Waals surface area contributed by atoms with Crippen LogP contribution in [0.1, 0.15) is 17.3 Å². The van der Waals surface area contributed by atoms with Crippen LogP contribution in [0, 0.1) is 3.57 Å². The number of alkyl halides is 1. The number of benzene rings is 1. The Balaban J connectivity index is 2.19. The first kappa shape index (κ1) is 14.3. The molecular weight excluding hydrogens is 409 g/mol. The van der Waals surface area contributed by atoms with Crippen molar-refractivity contribution in [1.82, 2.24) is 4.90 Å². The first-order chi connectivity index (χ1) is 8.63. The van der Waals surface area contributed by atoms with Gasteiger partial charge in [0.05, 0.1) is 24.3 Å². The minimum Gasteiger partial charge on any atom is -0.373 e. The van der Waals surface area contributed by atoms with E-state index in [2.05, 4.69) is 38.5 Å². The summed E-state index contributed by atoms with van der Waals surface area (Å²) >= 11 is 5.62. The first-order valence-corrected chi connectivity index (χ1v) is 8.06. The number of amides is 1. The first-order valence-electron chi connectivity index (χ1n) is 5.86. The van der Waals surface area contributed by atoms with Gasteiger partial charge in [-0.15, -0.1) is 0 Å². The lowest BCUT2D eigenvalue weighted by molar-refractivity contribution is -0.0361. The van der Waals surface area contributed by atoms with Crippen LogP contribution in [0.3, 0.4) is 0 Å². The van der Waals surface area contributed by atoms with Crippen LogP contribution < -0.4 is 0 Å². The molecule has 5 heteroatoms. The third kappa shape index (κ3) is 3.05. The Morgan fingerprint density at radius 1 is 1.56 bits per heavy atom. The average molecular weight is 424 g/mol.